The van der Waals surface area contributed by atoms with Gasteiger partial charge in [-0.25, -0.2) is 4.39 Å². The van der Waals surface area contributed by atoms with Crippen molar-refractivity contribution in [1.29, 1.82) is 0 Å². The second kappa shape index (κ2) is 4.92. The van der Waals surface area contributed by atoms with Gasteiger partial charge in [0.1, 0.15) is 24.8 Å². The lowest BCUT2D eigenvalue weighted by Crippen LogP contribution is -2.15. The number of halogens is 1. The molecular formula is C15H14FNO3. The molecule has 0 saturated heterocycles. The summed E-state index contributed by atoms with van der Waals surface area (Å²) in [5.74, 6) is 1.91. The summed E-state index contributed by atoms with van der Waals surface area (Å²) in [7, 11) is 0. The lowest BCUT2D eigenvalue weighted by Gasteiger charge is -2.20. The van der Waals surface area contributed by atoms with Gasteiger partial charge in [-0.05, 0) is 30.7 Å². The highest BCUT2D eigenvalue weighted by molar-refractivity contribution is 5.63. The van der Waals surface area contributed by atoms with Crippen LogP contribution in [0.1, 0.15) is 5.56 Å². The number of nitrogen functional groups attached to an aromatic ring is 1. The second-order valence-corrected chi connectivity index (χ2v) is 4.55. The maximum Gasteiger partial charge on any atom is 0.165 e. The van der Waals surface area contributed by atoms with Gasteiger partial charge in [0, 0.05) is 12.1 Å². The molecule has 0 bridgehead atoms. The van der Waals surface area contributed by atoms with E-state index in [-0.39, 0.29) is 5.82 Å². The van der Waals surface area contributed by atoms with E-state index in [1.54, 1.807) is 31.2 Å². The van der Waals surface area contributed by atoms with Gasteiger partial charge in [0.2, 0.25) is 0 Å². The molecule has 1 aliphatic heterocycles. The highest BCUT2D eigenvalue weighted by atomic mass is 19.1. The molecule has 1 heterocycles. The smallest absolute Gasteiger partial charge is 0.165 e. The molecule has 2 N–H and O–H groups in total. The summed E-state index contributed by atoms with van der Waals surface area (Å²) in [5, 5.41) is 0. The number of ether oxygens (including phenoxy) is 3. The predicted molar refractivity (Wildman–Crippen MR) is 73.1 cm³/mol. The molecule has 0 amide bonds. The van der Waals surface area contributed by atoms with Crippen LogP contribution in [-0.4, -0.2) is 13.2 Å². The van der Waals surface area contributed by atoms with E-state index in [2.05, 4.69) is 0 Å². The molecule has 5 heteroatoms. The minimum absolute atomic E-state index is 0.271. The van der Waals surface area contributed by atoms with E-state index in [1.807, 2.05) is 0 Å². The minimum Gasteiger partial charge on any atom is -0.486 e. The molecule has 0 aromatic heterocycles. The Kier molecular flexibility index (Phi) is 3.10. The Balaban J connectivity index is 1.92. The number of rotatable bonds is 2. The summed E-state index contributed by atoms with van der Waals surface area (Å²) in [6.07, 6.45) is 0. The normalized spacial score (nSPS) is 13.1. The van der Waals surface area contributed by atoms with E-state index in [0.717, 1.165) is 0 Å². The van der Waals surface area contributed by atoms with E-state index in [4.69, 9.17) is 19.9 Å². The van der Waals surface area contributed by atoms with Crippen molar-refractivity contribution in [2.75, 3.05) is 18.9 Å². The summed E-state index contributed by atoms with van der Waals surface area (Å²) in [5.41, 5.74) is 6.88. The van der Waals surface area contributed by atoms with E-state index in [0.29, 0.717) is 47.5 Å². The number of hydrogen-bond donors (Lipinski definition) is 1. The van der Waals surface area contributed by atoms with Crippen LogP contribution in [0, 0.1) is 12.7 Å². The van der Waals surface area contributed by atoms with E-state index in [1.165, 1.54) is 6.07 Å². The Morgan fingerprint density at radius 2 is 1.80 bits per heavy atom. The number of nitrogens with two attached hydrogens (primary N) is 1. The van der Waals surface area contributed by atoms with Gasteiger partial charge in [-0.3, -0.25) is 0 Å². The highest BCUT2D eigenvalue weighted by Crippen LogP contribution is 2.40. The van der Waals surface area contributed by atoms with Gasteiger partial charge in [0.25, 0.3) is 0 Å². The average molecular weight is 275 g/mol. The van der Waals surface area contributed by atoms with E-state index >= 15 is 0 Å². The molecule has 104 valence electrons. The zero-order valence-electron chi connectivity index (χ0n) is 11.0. The van der Waals surface area contributed by atoms with Crippen LogP contribution in [-0.2, 0) is 0 Å². The molecule has 0 aliphatic carbocycles. The largest absolute Gasteiger partial charge is 0.486 e. The minimum atomic E-state index is -0.271. The fourth-order valence-electron chi connectivity index (χ4n) is 1.98. The molecule has 0 radical (unpaired) electrons. The fraction of sp³-hybridized carbons (Fsp3) is 0.200. The van der Waals surface area contributed by atoms with Crippen LogP contribution in [0.15, 0.2) is 30.3 Å². The fourth-order valence-corrected chi connectivity index (χ4v) is 1.98. The third-order valence-corrected chi connectivity index (χ3v) is 3.03. The lowest BCUT2D eigenvalue weighted by molar-refractivity contribution is 0.171. The van der Waals surface area contributed by atoms with Gasteiger partial charge >= 0.3 is 0 Å². The monoisotopic (exact) mass is 275 g/mol. The summed E-state index contributed by atoms with van der Waals surface area (Å²) in [6, 6.07) is 7.88. The molecule has 4 nitrogen and oxygen atoms in total. The molecule has 0 fully saturated rings. The molecule has 0 spiro atoms. The number of fused-ring (bicyclic) bond motifs is 1. The molecule has 0 saturated carbocycles. The molecule has 3 rings (SSSR count). The Bertz CT molecular complexity index is 658. The Morgan fingerprint density at radius 3 is 2.50 bits per heavy atom. The molecule has 0 atom stereocenters. The molecular weight excluding hydrogens is 261 g/mol. The lowest BCUT2D eigenvalue weighted by atomic mass is 10.2. The van der Waals surface area contributed by atoms with Crippen LogP contribution in [0.3, 0.4) is 0 Å². The Labute approximate surface area is 115 Å². The first-order chi connectivity index (χ1) is 9.63. The summed E-state index contributed by atoms with van der Waals surface area (Å²) < 4.78 is 29.8. The van der Waals surface area contributed by atoms with Gasteiger partial charge < -0.3 is 19.9 Å². The van der Waals surface area contributed by atoms with Gasteiger partial charge in [-0.15, -0.1) is 0 Å². The first-order valence-corrected chi connectivity index (χ1v) is 6.26. The maximum atomic E-state index is 13.2. The SMILES string of the molecule is Cc1cc(Oc2cc3c(cc2N)OCCO3)ccc1F. The first-order valence-electron chi connectivity index (χ1n) is 6.26. The van der Waals surface area contributed by atoms with Crippen molar-refractivity contribution in [1.82, 2.24) is 0 Å². The number of aryl methyl sites for hydroxylation is 1. The van der Waals surface area contributed by atoms with Gasteiger partial charge in [-0.2, -0.15) is 0 Å². The standard InChI is InChI=1S/C15H14FNO3/c1-9-6-10(2-3-11(9)16)20-13-8-15-14(7-12(13)17)18-4-5-19-15/h2-3,6-8H,4-5,17H2,1H3. The van der Waals surface area contributed by atoms with Crippen molar-refractivity contribution in [3.63, 3.8) is 0 Å². The van der Waals surface area contributed by atoms with Crippen molar-refractivity contribution in [2.24, 2.45) is 0 Å². The molecule has 20 heavy (non-hydrogen) atoms. The third kappa shape index (κ3) is 2.34. The zero-order valence-corrected chi connectivity index (χ0v) is 11.0. The Hall–Kier alpha value is -2.43. The van der Waals surface area contributed by atoms with Crippen LogP contribution in [0.2, 0.25) is 0 Å². The third-order valence-electron chi connectivity index (χ3n) is 3.03. The second-order valence-electron chi connectivity index (χ2n) is 4.55. The molecule has 2 aromatic rings. The van der Waals surface area contributed by atoms with Crippen molar-refractivity contribution in [3.05, 3.63) is 41.7 Å². The van der Waals surface area contributed by atoms with Crippen LogP contribution in [0.25, 0.3) is 0 Å². The molecule has 0 unspecified atom stereocenters. The Morgan fingerprint density at radius 1 is 1.10 bits per heavy atom. The predicted octanol–water partition coefficient (Wildman–Crippen LogP) is 3.28. The summed E-state index contributed by atoms with van der Waals surface area (Å²) in [6.45, 7) is 2.67. The number of hydrogen-bond acceptors (Lipinski definition) is 4. The van der Waals surface area contributed by atoms with Gasteiger partial charge in [0.15, 0.2) is 17.2 Å². The van der Waals surface area contributed by atoms with E-state index < -0.39 is 0 Å². The molecule has 1 aliphatic rings. The van der Waals surface area contributed by atoms with Crippen molar-refractivity contribution >= 4 is 5.69 Å². The van der Waals surface area contributed by atoms with Crippen LogP contribution < -0.4 is 19.9 Å². The number of anilines is 1. The van der Waals surface area contributed by atoms with E-state index in [9.17, 15) is 4.39 Å². The first kappa shape index (κ1) is 12.6. The van der Waals surface area contributed by atoms with Crippen molar-refractivity contribution in [3.8, 4) is 23.0 Å². The van der Waals surface area contributed by atoms with Gasteiger partial charge in [0.05, 0.1) is 5.69 Å². The summed E-state index contributed by atoms with van der Waals surface area (Å²) >= 11 is 0. The average Bonchev–Trinajstić information content (AvgIpc) is 2.44. The van der Waals surface area contributed by atoms with Crippen LogP contribution in [0.4, 0.5) is 10.1 Å². The highest BCUT2D eigenvalue weighted by Gasteiger charge is 2.16. The quantitative estimate of drug-likeness (QED) is 0.854. The topological polar surface area (TPSA) is 53.7 Å². The van der Waals surface area contributed by atoms with Gasteiger partial charge in [-0.1, -0.05) is 0 Å². The number of benzene rings is 2. The van der Waals surface area contributed by atoms with Crippen LogP contribution in [0.5, 0.6) is 23.0 Å². The molecule has 2 aromatic carbocycles. The van der Waals surface area contributed by atoms with Crippen molar-refractivity contribution < 1.29 is 18.6 Å². The maximum absolute atomic E-state index is 13.2. The summed E-state index contributed by atoms with van der Waals surface area (Å²) in [4.78, 5) is 0. The van der Waals surface area contributed by atoms with Crippen molar-refractivity contribution in [2.45, 2.75) is 6.92 Å². The zero-order chi connectivity index (χ0) is 14.1. The van der Waals surface area contributed by atoms with Crippen LogP contribution >= 0.6 is 0 Å².